The third kappa shape index (κ3) is 81.6. The number of allylic oxidation sites excluding steroid dienone is 4. The quantitative estimate of drug-likeness (QED) is 0.0169. The number of hydrogen-bond donors (Lipinski definition) is 3. The van der Waals surface area contributed by atoms with Crippen LogP contribution in [0.25, 0.3) is 0 Å². The zero-order valence-corrected chi connectivity index (χ0v) is 72.4. The van der Waals surface area contributed by atoms with E-state index in [0.717, 1.165) is 115 Å². The van der Waals surface area contributed by atoms with Crippen LogP contribution < -0.4 is 0 Å². The van der Waals surface area contributed by atoms with Crippen LogP contribution in [-0.2, 0) is 65.4 Å². The highest BCUT2D eigenvalue weighted by Gasteiger charge is 2.30. The van der Waals surface area contributed by atoms with E-state index in [2.05, 4.69) is 65.8 Å². The van der Waals surface area contributed by atoms with Gasteiger partial charge >= 0.3 is 39.5 Å². The van der Waals surface area contributed by atoms with Crippen molar-refractivity contribution in [2.75, 3.05) is 39.6 Å². The summed E-state index contributed by atoms with van der Waals surface area (Å²) in [4.78, 5) is 73.3. The minimum atomic E-state index is -4.97. The first-order chi connectivity index (χ1) is 52.4. The van der Waals surface area contributed by atoms with E-state index in [9.17, 15) is 43.2 Å². The molecule has 2 unspecified atom stereocenters. The van der Waals surface area contributed by atoms with Gasteiger partial charge in [0.15, 0.2) is 12.2 Å². The molecule has 0 aliphatic carbocycles. The lowest BCUT2D eigenvalue weighted by atomic mass is 10.0. The smallest absolute Gasteiger partial charge is 0.462 e. The van der Waals surface area contributed by atoms with E-state index in [0.29, 0.717) is 25.7 Å². The molecule has 0 amide bonds. The van der Waals surface area contributed by atoms with E-state index in [1.807, 2.05) is 0 Å². The number of carbonyl (C=O) groups is 4. The third-order valence-corrected chi connectivity index (χ3v) is 22.2. The van der Waals surface area contributed by atoms with Crippen LogP contribution in [0.1, 0.15) is 452 Å². The first-order valence-electron chi connectivity index (χ1n) is 45.3. The second kappa shape index (κ2) is 79.8. The number of rotatable bonds is 86. The molecule has 0 saturated heterocycles. The maximum Gasteiger partial charge on any atom is 0.472 e. The first kappa shape index (κ1) is 106. The van der Waals surface area contributed by atoms with Crippen LogP contribution in [0.4, 0.5) is 0 Å². The molecule has 3 N–H and O–H groups in total. The molecule has 0 aromatic carbocycles. The molecule has 0 spiro atoms. The number of phosphoric ester groups is 2. The summed E-state index contributed by atoms with van der Waals surface area (Å²) < 4.78 is 69.0. The van der Waals surface area contributed by atoms with E-state index in [1.165, 1.54) is 257 Å². The van der Waals surface area contributed by atoms with Crippen LogP contribution >= 0.6 is 15.6 Å². The summed E-state index contributed by atoms with van der Waals surface area (Å²) in [6.07, 6.45) is 75.7. The Morgan fingerprint density at radius 3 is 0.759 bits per heavy atom. The topological polar surface area (TPSA) is 237 Å². The Bertz CT molecular complexity index is 2160. The molecule has 108 heavy (non-hydrogen) atoms. The second-order valence-electron chi connectivity index (χ2n) is 32.3. The van der Waals surface area contributed by atoms with Crippen molar-refractivity contribution in [1.29, 1.82) is 0 Å². The van der Waals surface area contributed by atoms with Crippen molar-refractivity contribution in [3.05, 3.63) is 24.3 Å². The monoisotopic (exact) mass is 1570 g/mol. The highest BCUT2D eigenvalue weighted by atomic mass is 31.2. The molecular formula is C89H170O17P2. The van der Waals surface area contributed by atoms with Gasteiger partial charge in [0.2, 0.25) is 0 Å². The molecule has 0 heterocycles. The first-order valence-corrected chi connectivity index (χ1v) is 48.3. The van der Waals surface area contributed by atoms with E-state index < -0.39 is 97.5 Å². The van der Waals surface area contributed by atoms with Gasteiger partial charge in [-0.15, -0.1) is 0 Å². The van der Waals surface area contributed by atoms with E-state index in [-0.39, 0.29) is 25.7 Å². The van der Waals surface area contributed by atoms with Crippen LogP contribution in [0, 0.1) is 11.8 Å². The minimum absolute atomic E-state index is 0.0858. The second-order valence-corrected chi connectivity index (χ2v) is 35.2. The van der Waals surface area contributed by atoms with Gasteiger partial charge in [-0.05, 0) is 63.2 Å². The average molecular weight is 1570 g/mol. The van der Waals surface area contributed by atoms with E-state index in [1.54, 1.807) is 0 Å². The van der Waals surface area contributed by atoms with Crippen LogP contribution in [0.15, 0.2) is 24.3 Å². The van der Waals surface area contributed by atoms with Gasteiger partial charge in [0.1, 0.15) is 19.3 Å². The zero-order chi connectivity index (χ0) is 79.2. The molecule has 17 nitrogen and oxygen atoms in total. The van der Waals surface area contributed by atoms with Crippen molar-refractivity contribution in [3.8, 4) is 0 Å². The molecule has 638 valence electrons. The largest absolute Gasteiger partial charge is 0.472 e. The van der Waals surface area contributed by atoms with Crippen LogP contribution in [-0.4, -0.2) is 96.7 Å². The summed E-state index contributed by atoms with van der Waals surface area (Å²) in [5, 5.41) is 10.7. The Kier molecular flexibility index (Phi) is 77.9. The zero-order valence-electron chi connectivity index (χ0n) is 70.6. The molecule has 5 atom stereocenters. The number of unbranched alkanes of at least 4 members (excludes halogenated alkanes) is 53. The number of carbonyl (C=O) groups excluding carboxylic acids is 4. The van der Waals surface area contributed by atoms with Crippen molar-refractivity contribution < 1.29 is 80.2 Å². The minimum Gasteiger partial charge on any atom is -0.462 e. The van der Waals surface area contributed by atoms with Gasteiger partial charge in [-0.1, -0.05) is 400 Å². The summed E-state index contributed by atoms with van der Waals surface area (Å²) in [5.41, 5.74) is 0. The lowest BCUT2D eigenvalue weighted by molar-refractivity contribution is -0.161. The van der Waals surface area contributed by atoms with E-state index in [4.69, 9.17) is 37.0 Å². The number of hydrogen-bond acceptors (Lipinski definition) is 15. The molecule has 0 bridgehead atoms. The molecule has 19 heteroatoms. The maximum absolute atomic E-state index is 13.2. The standard InChI is InChI=1S/C89H170O17P2/c1-7-9-11-13-15-17-19-21-28-37-43-49-55-61-67-73-88(93)105-84(77-99-86(91)71-65-59-53-47-41-33-20-18-16-14-12-10-8-2)79-103-107(95,96)101-75-83(90)76-102-108(97,98)104-80-85(78-100-87(92)72-66-60-54-48-42-36-31-27-26-30-35-40-46-52-58-64-70-82(5)6)106-89(94)74-68-62-56-50-44-38-32-25-23-22-24-29-34-39-45-51-57-63-69-81(3)4/h17,19,21,28,81-85,90H,7-16,18,20,22-27,29-80H2,1-6H3,(H,95,96)(H,97,98)/b19-17-,28-21-/t83-,84+,85+/m0/s1. The molecule has 0 rings (SSSR count). The lowest BCUT2D eigenvalue weighted by Crippen LogP contribution is -2.30. The summed E-state index contributed by atoms with van der Waals surface area (Å²) in [6.45, 7) is 9.69. The molecular weight excluding hydrogens is 1400 g/mol. The molecule has 0 fully saturated rings. The fraction of sp³-hybridized carbons (Fsp3) is 0.910. The Labute approximate surface area is 663 Å². The molecule has 0 aromatic rings. The lowest BCUT2D eigenvalue weighted by Gasteiger charge is -2.21. The van der Waals surface area contributed by atoms with Gasteiger partial charge in [0.05, 0.1) is 26.4 Å². The van der Waals surface area contributed by atoms with Gasteiger partial charge in [-0.3, -0.25) is 37.3 Å². The summed E-state index contributed by atoms with van der Waals surface area (Å²) >= 11 is 0. The van der Waals surface area contributed by atoms with Gasteiger partial charge in [0.25, 0.3) is 0 Å². The molecule has 0 radical (unpaired) electrons. The summed E-state index contributed by atoms with van der Waals surface area (Å²) in [5.74, 6) is -0.497. The fourth-order valence-corrected chi connectivity index (χ4v) is 15.0. The normalized spacial score (nSPS) is 13.9. The molecule has 0 aliphatic heterocycles. The Hall–Kier alpha value is -2.46. The Balaban J connectivity index is 5.28. The predicted octanol–water partition coefficient (Wildman–Crippen LogP) is 27.0. The van der Waals surface area contributed by atoms with Crippen LogP contribution in [0.3, 0.4) is 0 Å². The Morgan fingerprint density at radius 1 is 0.287 bits per heavy atom. The average Bonchev–Trinajstić information content (AvgIpc) is 1.19. The maximum atomic E-state index is 13.2. The van der Waals surface area contributed by atoms with Gasteiger partial charge in [0, 0.05) is 25.7 Å². The molecule has 0 aromatic heterocycles. The fourth-order valence-electron chi connectivity index (χ4n) is 13.4. The highest BCUT2D eigenvalue weighted by molar-refractivity contribution is 7.47. The highest BCUT2D eigenvalue weighted by Crippen LogP contribution is 2.45. The van der Waals surface area contributed by atoms with Crippen molar-refractivity contribution >= 4 is 39.5 Å². The molecule has 0 aliphatic rings. The number of aliphatic hydroxyl groups is 1. The van der Waals surface area contributed by atoms with Crippen molar-refractivity contribution in [2.24, 2.45) is 11.8 Å². The van der Waals surface area contributed by atoms with Crippen molar-refractivity contribution in [1.82, 2.24) is 0 Å². The van der Waals surface area contributed by atoms with E-state index >= 15 is 0 Å². The molecule has 0 saturated carbocycles. The number of aliphatic hydroxyl groups excluding tert-OH is 1. The van der Waals surface area contributed by atoms with Crippen molar-refractivity contribution in [2.45, 2.75) is 471 Å². The van der Waals surface area contributed by atoms with Crippen molar-refractivity contribution in [3.63, 3.8) is 0 Å². The number of phosphoric acid groups is 2. The summed E-state index contributed by atoms with van der Waals surface area (Å²) in [6, 6.07) is 0. The van der Waals surface area contributed by atoms with Gasteiger partial charge < -0.3 is 33.8 Å². The van der Waals surface area contributed by atoms with Crippen LogP contribution in [0.2, 0.25) is 0 Å². The number of esters is 4. The predicted molar refractivity (Wildman–Crippen MR) is 446 cm³/mol. The SMILES string of the molecule is CCCCCC/C=C\C=C/CCCCCCCC(=O)O[C@H](COC(=O)CCCCCCCCCCCCCCC)COP(=O)(O)OC[C@H](O)COP(=O)(O)OC[C@@H](COC(=O)CCCCCCCCCCCCCCCCCCC(C)C)OC(=O)CCCCCCCCCCCCCCCCCCCCC(C)C. The van der Waals surface area contributed by atoms with Gasteiger partial charge in [-0.25, -0.2) is 9.13 Å². The van der Waals surface area contributed by atoms with Gasteiger partial charge in [-0.2, -0.15) is 0 Å². The number of ether oxygens (including phenoxy) is 4. The summed E-state index contributed by atoms with van der Waals surface area (Å²) in [7, 11) is -9.95. The third-order valence-electron chi connectivity index (χ3n) is 20.3. The Morgan fingerprint density at radius 2 is 0.500 bits per heavy atom. The van der Waals surface area contributed by atoms with Crippen LogP contribution in [0.5, 0.6) is 0 Å².